The van der Waals surface area contributed by atoms with Gasteiger partial charge in [0.15, 0.2) is 6.04 Å². The van der Waals surface area contributed by atoms with E-state index in [2.05, 4.69) is 10.3 Å². The van der Waals surface area contributed by atoms with E-state index in [-0.39, 0.29) is 6.54 Å². The fourth-order valence-corrected chi connectivity index (χ4v) is 3.44. The molecule has 0 saturated heterocycles. The first-order valence-electron chi connectivity index (χ1n) is 10.2. The Hall–Kier alpha value is -3.65. The van der Waals surface area contributed by atoms with Gasteiger partial charge in [0.05, 0.1) is 0 Å². The second-order valence-electron chi connectivity index (χ2n) is 7.51. The highest BCUT2D eigenvalue weighted by Crippen LogP contribution is 2.30. The molecule has 5 nitrogen and oxygen atoms in total. The summed E-state index contributed by atoms with van der Waals surface area (Å²) in [5.41, 5.74) is 3.04. The lowest BCUT2D eigenvalue weighted by atomic mass is 10.0. The number of nitrogens with one attached hydrogen (secondary N) is 1. The highest BCUT2D eigenvalue weighted by Gasteiger charge is 2.55. The van der Waals surface area contributed by atoms with Crippen molar-refractivity contribution in [3.8, 4) is 0 Å². The fourth-order valence-electron chi connectivity index (χ4n) is 3.44. The van der Waals surface area contributed by atoms with Crippen molar-refractivity contribution in [2.75, 3.05) is 4.90 Å². The third kappa shape index (κ3) is 5.23. The third-order valence-electron chi connectivity index (χ3n) is 5.41. The fraction of sp³-hybridized carbons (Fsp3) is 0.200. The number of hydrogen-bond acceptors (Lipinski definition) is 4. The lowest BCUT2D eigenvalue weighted by molar-refractivity contribution is -0.215. The van der Waals surface area contributed by atoms with Crippen molar-refractivity contribution in [1.82, 2.24) is 5.32 Å². The van der Waals surface area contributed by atoms with E-state index in [9.17, 15) is 22.9 Å². The monoisotopic (exact) mass is 456 g/mol. The van der Waals surface area contributed by atoms with Gasteiger partial charge >= 0.3 is 11.9 Å². The molecule has 172 valence electrons. The van der Waals surface area contributed by atoms with Crippen LogP contribution in [-0.2, 0) is 21.1 Å². The van der Waals surface area contributed by atoms with Crippen LogP contribution in [-0.4, -0.2) is 23.8 Å². The molecule has 8 heteroatoms. The van der Waals surface area contributed by atoms with Gasteiger partial charge in [0, 0.05) is 22.4 Å². The van der Waals surface area contributed by atoms with E-state index in [4.69, 9.17) is 0 Å². The Morgan fingerprint density at radius 1 is 0.909 bits per heavy atom. The Balaban J connectivity index is 2.04. The lowest BCUT2D eigenvalue weighted by Crippen LogP contribution is -2.58. The molecule has 1 amide bonds. The number of rotatable bonds is 8. The minimum Gasteiger partial charge on any atom is -0.296 e. The van der Waals surface area contributed by atoms with Crippen LogP contribution in [0.5, 0.6) is 0 Å². The normalized spacial score (nSPS) is 12.2. The Kier molecular flexibility index (Phi) is 7.50. The van der Waals surface area contributed by atoms with Crippen LogP contribution in [0.3, 0.4) is 0 Å². The molecule has 0 heterocycles. The minimum atomic E-state index is -4.48. The summed E-state index contributed by atoms with van der Waals surface area (Å²) >= 11 is 0. The second-order valence-corrected chi connectivity index (χ2v) is 7.51. The van der Waals surface area contributed by atoms with Crippen molar-refractivity contribution in [3.63, 3.8) is 0 Å². The molecule has 0 spiro atoms. The highest BCUT2D eigenvalue weighted by atomic mass is 19.3. The molecule has 3 rings (SSSR count). The molecule has 0 aliphatic heterocycles. The van der Waals surface area contributed by atoms with Crippen molar-refractivity contribution >= 4 is 23.3 Å². The molecule has 1 unspecified atom stereocenters. The van der Waals surface area contributed by atoms with Crippen LogP contribution >= 0.6 is 0 Å². The van der Waals surface area contributed by atoms with Crippen LogP contribution in [0, 0.1) is 13.8 Å². The maximum absolute atomic E-state index is 15.0. The van der Waals surface area contributed by atoms with Crippen molar-refractivity contribution in [1.29, 1.82) is 0 Å². The molecular weight excluding hydrogens is 433 g/mol. The van der Waals surface area contributed by atoms with E-state index < -0.39 is 23.8 Å². The topological polar surface area (TPSA) is 58.6 Å². The summed E-state index contributed by atoms with van der Waals surface area (Å²) in [6.45, 7) is 3.52. The van der Waals surface area contributed by atoms with Gasteiger partial charge in [-0.3, -0.25) is 15.0 Å². The molecule has 0 fully saturated rings. The number of para-hydroxylation sites is 2. The highest BCUT2D eigenvalue weighted by molar-refractivity contribution is 6.06. The zero-order valence-electron chi connectivity index (χ0n) is 18.1. The predicted octanol–water partition coefficient (Wildman–Crippen LogP) is 5.19. The smallest absolute Gasteiger partial charge is 0.296 e. The molecule has 0 saturated carbocycles. The SMILES string of the molecule is Cc1cccc(CNC(C(=O)N(c2ccccc2)c2ccccc2)C(F)(F)C(=O)OF)c1C. The average Bonchev–Trinajstić information content (AvgIpc) is 2.82. The number of aryl methyl sites for hydroxylation is 1. The molecule has 0 aliphatic carbocycles. The van der Waals surface area contributed by atoms with E-state index in [0.717, 1.165) is 16.0 Å². The number of benzene rings is 3. The lowest BCUT2D eigenvalue weighted by Gasteiger charge is -2.31. The van der Waals surface area contributed by atoms with Crippen LogP contribution in [0.25, 0.3) is 0 Å². The maximum atomic E-state index is 15.0. The summed E-state index contributed by atoms with van der Waals surface area (Å²) in [5.74, 6) is -8.07. The van der Waals surface area contributed by atoms with Gasteiger partial charge in [0.1, 0.15) is 0 Å². The van der Waals surface area contributed by atoms with Crippen molar-refractivity contribution in [2.45, 2.75) is 32.4 Å². The molecule has 0 aromatic heterocycles. The molecule has 3 aromatic rings. The summed E-state index contributed by atoms with van der Waals surface area (Å²) < 4.78 is 42.5. The summed E-state index contributed by atoms with van der Waals surface area (Å²) in [4.78, 5) is 29.1. The predicted molar refractivity (Wildman–Crippen MR) is 119 cm³/mol. The quantitative estimate of drug-likeness (QED) is 0.507. The molecule has 3 aromatic carbocycles. The van der Waals surface area contributed by atoms with E-state index >= 15 is 0 Å². The minimum absolute atomic E-state index is 0.156. The van der Waals surface area contributed by atoms with Crippen LogP contribution in [0.2, 0.25) is 0 Å². The van der Waals surface area contributed by atoms with Crippen molar-refractivity contribution < 1.29 is 27.8 Å². The van der Waals surface area contributed by atoms with Crippen LogP contribution in [0.1, 0.15) is 16.7 Å². The number of alkyl halides is 2. The van der Waals surface area contributed by atoms with Crippen molar-refractivity contribution in [3.05, 3.63) is 95.6 Å². The van der Waals surface area contributed by atoms with Gasteiger partial charge in [-0.25, -0.2) is 9.74 Å². The molecule has 0 bridgehead atoms. The van der Waals surface area contributed by atoms with Gasteiger partial charge in [0.25, 0.3) is 5.91 Å². The number of halogens is 3. The summed E-state index contributed by atoms with van der Waals surface area (Å²) in [7, 11) is 0. The molecule has 33 heavy (non-hydrogen) atoms. The first-order chi connectivity index (χ1) is 15.8. The zero-order chi connectivity index (χ0) is 24.0. The Morgan fingerprint density at radius 3 is 1.97 bits per heavy atom. The van der Waals surface area contributed by atoms with Gasteiger partial charge in [-0.05, 0) is 54.8 Å². The first-order valence-corrected chi connectivity index (χ1v) is 10.2. The summed E-state index contributed by atoms with van der Waals surface area (Å²) in [6, 6.07) is 19.2. The van der Waals surface area contributed by atoms with E-state index in [0.29, 0.717) is 16.9 Å². The summed E-state index contributed by atoms with van der Waals surface area (Å²) in [5, 5.41) is 2.47. The molecular formula is C25H23F3N2O3. The number of carbonyl (C=O) groups is 2. The second kappa shape index (κ2) is 10.3. The third-order valence-corrected chi connectivity index (χ3v) is 5.41. The van der Waals surface area contributed by atoms with Crippen LogP contribution in [0.4, 0.5) is 24.7 Å². The number of amides is 1. The average molecular weight is 456 g/mol. The van der Waals surface area contributed by atoms with Gasteiger partial charge in [0.2, 0.25) is 0 Å². The molecule has 1 N–H and O–H groups in total. The maximum Gasteiger partial charge on any atom is 0.419 e. The van der Waals surface area contributed by atoms with Crippen molar-refractivity contribution in [2.24, 2.45) is 0 Å². The Bertz CT molecular complexity index is 1070. The number of carbonyl (C=O) groups excluding carboxylic acids is 2. The number of anilines is 2. The zero-order valence-corrected chi connectivity index (χ0v) is 18.1. The molecule has 1 atom stereocenters. The first kappa shape index (κ1) is 24.0. The number of nitrogens with zero attached hydrogens (tertiary/aromatic N) is 1. The summed E-state index contributed by atoms with van der Waals surface area (Å²) in [6.07, 6.45) is 0. The largest absolute Gasteiger partial charge is 0.419 e. The number of hydrogen-bond donors (Lipinski definition) is 1. The van der Waals surface area contributed by atoms with E-state index in [1.165, 1.54) is 0 Å². The van der Waals surface area contributed by atoms with E-state index in [1.54, 1.807) is 72.8 Å². The van der Waals surface area contributed by atoms with Crippen LogP contribution < -0.4 is 10.2 Å². The van der Waals surface area contributed by atoms with Crippen LogP contribution in [0.15, 0.2) is 78.9 Å². The van der Waals surface area contributed by atoms with Gasteiger partial charge in [-0.1, -0.05) is 54.6 Å². The standard InChI is InChI=1S/C25H23F3N2O3/c1-17-10-9-11-19(18(17)2)16-29-22(25(26,27)24(32)33-28)23(31)30(20-12-5-3-6-13-20)21-14-7-4-8-15-21/h3-15,22,29H,16H2,1-2H3. The van der Waals surface area contributed by atoms with E-state index in [1.807, 2.05) is 19.9 Å². The molecule has 0 radical (unpaired) electrons. The van der Waals surface area contributed by atoms with Gasteiger partial charge in [-0.2, -0.15) is 8.78 Å². The van der Waals surface area contributed by atoms with Gasteiger partial charge < -0.3 is 0 Å². The Morgan fingerprint density at radius 2 is 1.45 bits per heavy atom. The molecule has 0 aliphatic rings. The van der Waals surface area contributed by atoms with Gasteiger partial charge in [-0.15, -0.1) is 0 Å². The Labute approximate surface area is 189 Å².